The first-order chi connectivity index (χ1) is 6.11. The van der Waals surface area contributed by atoms with Crippen LogP contribution in [0.3, 0.4) is 0 Å². The van der Waals surface area contributed by atoms with E-state index in [0.717, 1.165) is 4.47 Å². The minimum atomic E-state index is -0.494. The molecular formula is C9H12BrNO2. The van der Waals surface area contributed by atoms with Gasteiger partial charge in [-0.1, -0.05) is 6.07 Å². The van der Waals surface area contributed by atoms with Crippen LogP contribution < -0.4 is 10.5 Å². The predicted molar refractivity (Wildman–Crippen MR) is 55.7 cm³/mol. The fourth-order valence-corrected chi connectivity index (χ4v) is 1.38. The van der Waals surface area contributed by atoms with Crippen molar-refractivity contribution >= 4 is 21.6 Å². The summed E-state index contributed by atoms with van der Waals surface area (Å²) in [5.41, 5.74) is 6.24. The molecular weight excluding hydrogens is 234 g/mol. The van der Waals surface area contributed by atoms with Gasteiger partial charge in [0.1, 0.15) is 6.61 Å². The summed E-state index contributed by atoms with van der Waals surface area (Å²) in [5, 5.41) is 9.01. The minimum absolute atomic E-state index is 0.243. The van der Waals surface area contributed by atoms with Gasteiger partial charge in [0.15, 0.2) is 5.75 Å². The molecule has 0 aromatic heterocycles. The Bertz CT molecular complexity index is 269. The first kappa shape index (κ1) is 10.3. The Morgan fingerprint density at radius 2 is 2.31 bits per heavy atom. The van der Waals surface area contributed by atoms with E-state index in [1.54, 1.807) is 13.0 Å². The Morgan fingerprint density at radius 1 is 1.62 bits per heavy atom. The van der Waals surface area contributed by atoms with Crippen LogP contribution in [0, 0.1) is 0 Å². The molecule has 72 valence electrons. The number of nitrogens with two attached hydrogens (primary N) is 1. The standard InChI is InChI=1S/C9H12BrNO2/c1-6(12)5-13-9-7(10)3-2-4-8(9)11/h2-4,6,12H,5,11H2,1H3. The lowest BCUT2D eigenvalue weighted by Gasteiger charge is -2.11. The summed E-state index contributed by atoms with van der Waals surface area (Å²) in [4.78, 5) is 0. The molecule has 0 heterocycles. The van der Waals surface area contributed by atoms with Gasteiger partial charge in [0.2, 0.25) is 0 Å². The van der Waals surface area contributed by atoms with E-state index in [-0.39, 0.29) is 6.61 Å². The number of rotatable bonds is 3. The first-order valence-corrected chi connectivity index (χ1v) is 4.75. The van der Waals surface area contributed by atoms with Crippen molar-refractivity contribution < 1.29 is 9.84 Å². The molecule has 0 amide bonds. The molecule has 1 aromatic rings. The van der Waals surface area contributed by atoms with Gasteiger partial charge in [-0.3, -0.25) is 0 Å². The minimum Gasteiger partial charge on any atom is -0.488 e. The van der Waals surface area contributed by atoms with Crippen LogP contribution in [0.5, 0.6) is 5.75 Å². The summed E-state index contributed by atoms with van der Waals surface area (Å²) in [7, 11) is 0. The largest absolute Gasteiger partial charge is 0.488 e. The van der Waals surface area contributed by atoms with E-state index in [1.807, 2.05) is 12.1 Å². The van der Waals surface area contributed by atoms with Gasteiger partial charge >= 0.3 is 0 Å². The Kier molecular flexibility index (Phi) is 3.57. The van der Waals surface area contributed by atoms with Crippen LogP contribution in [-0.2, 0) is 0 Å². The number of anilines is 1. The highest BCUT2D eigenvalue weighted by atomic mass is 79.9. The van der Waals surface area contributed by atoms with Gasteiger partial charge in [0.25, 0.3) is 0 Å². The number of hydrogen-bond acceptors (Lipinski definition) is 3. The SMILES string of the molecule is CC(O)COc1c(N)cccc1Br. The number of nitrogen functional groups attached to an aromatic ring is 1. The van der Waals surface area contributed by atoms with Gasteiger partial charge < -0.3 is 15.6 Å². The molecule has 0 bridgehead atoms. The molecule has 1 atom stereocenters. The molecule has 4 heteroatoms. The maximum Gasteiger partial charge on any atom is 0.156 e. The van der Waals surface area contributed by atoms with Crippen molar-refractivity contribution in [3.63, 3.8) is 0 Å². The zero-order valence-electron chi connectivity index (χ0n) is 7.33. The molecule has 0 radical (unpaired) electrons. The summed E-state index contributed by atoms with van der Waals surface area (Å²) in [6, 6.07) is 5.42. The fraction of sp³-hybridized carbons (Fsp3) is 0.333. The van der Waals surface area contributed by atoms with Gasteiger partial charge in [-0.05, 0) is 35.0 Å². The maximum absolute atomic E-state index is 9.01. The van der Waals surface area contributed by atoms with E-state index in [1.165, 1.54) is 0 Å². The van der Waals surface area contributed by atoms with Crippen LogP contribution in [0.1, 0.15) is 6.92 Å². The predicted octanol–water partition coefficient (Wildman–Crippen LogP) is 1.79. The lowest BCUT2D eigenvalue weighted by molar-refractivity contribution is 0.123. The molecule has 0 aliphatic heterocycles. The molecule has 0 fully saturated rings. The summed E-state index contributed by atoms with van der Waals surface area (Å²) in [6.07, 6.45) is -0.494. The number of para-hydroxylation sites is 1. The molecule has 3 nitrogen and oxygen atoms in total. The van der Waals surface area contributed by atoms with Gasteiger partial charge in [-0.15, -0.1) is 0 Å². The topological polar surface area (TPSA) is 55.5 Å². The number of aliphatic hydroxyl groups excluding tert-OH is 1. The van der Waals surface area contributed by atoms with Gasteiger partial charge in [0, 0.05) is 0 Å². The lowest BCUT2D eigenvalue weighted by atomic mass is 10.3. The van der Waals surface area contributed by atoms with Crippen molar-refractivity contribution in [3.05, 3.63) is 22.7 Å². The van der Waals surface area contributed by atoms with E-state index in [9.17, 15) is 0 Å². The molecule has 3 N–H and O–H groups in total. The highest BCUT2D eigenvalue weighted by molar-refractivity contribution is 9.10. The number of benzene rings is 1. The third kappa shape index (κ3) is 2.90. The molecule has 1 aromatic carbocycles. The number of ether oxygens (including phenoxy) is 1. The van der Waals surface area contributed by atoms with Crippen LogP contribution in [0.15, 0.2) is 22.7 Å². The monoisotopic (exact) mass is 245 g/mol. The maximum atomic E-state index is 9.01. The van der Waals surface area contributed by atoms with Crippen LogP contribution in [0.4, 0.5) is 5.69 Å². The van der Waals surface area contributed by atoms with Crippen molar-refractivity contribution in [2.75, 3.05) is 12.3 Å². The third-order valence-corrected chi connectivity index (χ3v) is 2.09. The van der Waals surface area contributed by atoms with Crippen LogP contribution >= 0.6 is 15.9 Å². The quantitative estimate of drug-likeness (QED) is 0.799. The molecule has 0 aliphatic rings. The fourth-order valence-electron chi connectivity index (χ4n) is 0.882. The Labute approximate surface area is 85.6 Å². The van der Waals surface area contributed by atoms with Crippen molar-refractivity contribution in [1.29, 1.82) is 0 Å². The second kappa shape index (κ2) is 4.48. The average molecular weight is 246 g/mol. The average Bonchev–Trinajstić information content (AvgIpc) is 2.03. The van der Waals surface area contributed by atoms with Crippen molar-refractivity contribution in [2.45, 2.75) is 13.0 Å². The highest BCUT2D eigenvalue weighted by Crippen LogP contribution is 2.30. The van der Waals surface area contributed by atoms with Crippen LogP contribution in [0.25, 0.3) is 0 Å². The Balaban J connectivity index is 2.75. The molecule has 0 spiro atoms. The lowest BCUT2D eigenvalue weighted by Crippen LogP contribution is -2.13. The first-order valence-electron chi connectivity index (χ1n) is 3.96. The smallest absolute Gasteiger partial charge is 0.156 e. The van der Waals surface area contributed by atoms with E-state index in [0.29, 0.717) is 11.4 Å². The summed E-state index contributed by atoms with van der Waals surface area (Å²) in [6.45, 7) is 1.90. The van der Waals surface area contributed by atoms with Gasteiger partial charge in [-0.2, -0.15) is 0 Å². The van der Waals surface area contributed by atoms with Crippen molar-refractivity contribution in [2.24, 2.45) is 0 Å². The third-order valence-electron chi connectivity index (χ3n) is 1.47. The molecule has 0 saturated heterocycles. The van der Waals surface area contributed by atoms with E-state index in [4.69, 9.17) is 15.6 Å². The van der Waals surface area contributed by atoms with Crippen molar-refractivity contribution in [1.82, 2.24) is 0 Å². The zero-order valence-corrected chi connectivity index (χ0v) is 8.91. The normalized spacial score (nSPS) is 12.5. The summed E-state index contributed by atoms with van der Waals surface area (Å²) < 4.78 is 6.11. The molecule has 0 aliphatic carbocycles. The number of aliphatic hydroxyl groups is 1. The van der Waals surface area contributed by atoms with Crippen LogP contribution in [-0.4, -0.2) is 17.8 Å². The van der Waals surface area contributed by atoms with E-state index < -0.39 is 6.10 Å². The van der Waals surface area contributed by atoms with Gasteiger partial charge in [0.05, 0.1) is 16.3 Å². The van der Waals surface area contributed by atoms with Crippen molar-refractivity contribution in [3.8, 4) is 5.75 Å². The second-order valence-corrected chi connectivity index (χ2v) is 3.67. The molecule has 1 unspecified atom stereocenters. The summed E-state index contributed by atoms with van der Waals surface area (Å²) in [5.74, 6) is 0.586. The second-order valence-electron chi connectivity index (χ2n) is 2.82. The van der Waals surface area contributed by atoms with Gasteiger partial charge in [-0.25, -0.2) is 0 Å². The summed E-state index contributed by atoms with van der Waals surface area (Å²) >= 11 is 3.31. The number of hydrogen-bond donors (Lipinski definition) is 2. The van der Waals surface area contributed by atoms with E-state index in [2.05, 4.69) is 15.9 Å². The highest BCUT2D eigenvalue weighted by Gasteiger charge is 2.05. The Morgan fingerprint density at radius 3 is 2.85 bits per heavy atom. The zero-order chi connectivity index (χ0) is 9.84. The molecule has 1 rings (SSSR count). The van der Waals surface area contributed by atoms with E-state index >= 15 is 0 Å². The Hall–Kier alpha value is -0.740. The molecule has 0 saturated carbocycles. The molecule has 13 heavy (non-hydrogen) atoms. The van der Waals surface area contributed by atoms with Crippen LogP contribution in [0.2, 0.25) is 0 Å². The number of halogens is 1.